The predicted molar refractivity (Wildman–Crippen MR) is 349 cm³/mol. The normalized spacial score (nSPS) is 26.0. The minimum absolute atomic E-state index is 0.00893. The number of likely N-dealkylation sites (N-methyl/N-ethyl adjacent to an activating group) is 7. The molecule has 526 valence electrons. The molecule has 1 aliphatic heterocycles. The Morgan fingerprint density at radius 3 is 1.50 bits per heavy atom. The van der Waals surface area contributed by atoms with Crippen molar-refractivity contribution in [3.8, 4) is 0 Å². The minimum atomic E-state index is -1.66. The highest BCUT2D eigenvalue weighted by molar-refractivity contribution is 5.99. The molecule has 0 aromatic rings. The number of amides is 12. The number of nitrogens with two attached hydrogens (primary N) is 1. The molecule has 1 rings (SSSR count). The van der Waals surface area contributed by atoms with E-state index in [-0.39, 0.29) is 63.1 Å². The van der Waals surface area contributed by atoms with Crippen molar-refractivity contribution >= 4 is 71.1 Å². The first-order chi connectivity index (χ1) is 42.6. The number of nitrogens with zero attached hydrogens (tertiary/aromatic N) is 7. The van der Waals surface area contributed by atoms with Crippen LogP contribution in [-0.2, 0) is 62.2 Å². The number of hydrogen-bond acceptors (Lipinski definition) is 15. The van der Waals surface area contributed by atoms with E-state index in [0.717, 1.165) is 14.7 Å². The molecular weight excluding hydrogens is 1190 g/mol. The van der Waals surface area contributed by atoms with Crippen LogP contribution in [0.1, 0.15) is 156 Å². The monoisotopic (exact) mass is 1300 g/mol. The lowest BCUT2D eigenvalue weighted by Gasteiger charge is -2.41. The Bertz CT molecular complexity index is 2530. The van der Waals surface area contributed by atoms with Crippen molar-refractivity contribution in [3.05, 3.63) is 12.2 Å². The summed E-state index contributed by atoms with van der Waals surface area (Å²) in [5.41, 5.74) is 5.11. The van der Waals surface area contributed by atoms with E-state index in [9.17, 15) is 53.1 Å². The number of rotatable bonds is 20. The standard InChI is InChI=1S/C65H116N12O15/c1-24-26-29-41(13)54(79)53-58(83)69-45(25-2)60(85)71(17)35-49(78)75(21)52(44(16)91-30-27-28-31-92-65(66)90)57(82)70-50(39(9)10)63(88)72(18)46(32-36(3)4)56(81)67-42(14)55(80)68-43(15)59(84)73(19)47(33-37(5)6)61(86)74(20)48(34-38(7)8)62(87)76(22)51(40(11)12)64(89)77(53)23/h24,26,36-48,50-54,79H,25,27-35H2,1-23H3,(H2,66,90)(H,67,81)(H,68,80)(H,69,83)(H,70,82)/b26-24+/t41-,42+,43-,44-,45+,46+,47+,48+,50+,51+,52+,53+,54-/m1/s1. The molecule has 1 heterocycles. The van der Waals surface area contributed by atoms with Gasteiger partial charge in [-0.3, -0.25) is 52.7 Å². The Morgan fingerprint density at radius 1 is 0.543 bits per heavy atom. The van der Waals surface area contributed by atoms with Crippen LogP contribution in [0, 0.1) is 35.5 Å². The van der Waals surface area contributed by atoms with Gasteiger partial charge in [0.2, 0.25) is 65.0 Å². The first-order valence-electron chi connectivity index (χ1n) is 32.5. The number of primary amides is 1. The average Bonchev–Trinajstić information content (AvgIpc) is 0.831. The van der Waals surface area contributed by atoms with Crippen LogP contribution in [0.3, 0.4) is 0 Å². The summed E-state index contributed by atoms with van der Waals surface area (Å²) < 4.78 is 10.9. The number of carbonyl (C=O) groups excluding carboxylic acids is 12. The van der Waals surface area contributed by atoms with Gasteiger partial charge >= 0.3 is 6.09 Å². The molecule has 1 fully saturated rings. The highest BCUT2D eigenvalue weighted by atomic mass is 16.5. The smallest absolute Gasteiger partial charge is 0.404 e. The summed E-state index contributed by atoms with van der Waals surface area (Å²) in [6.07, 6.45) is 1.27. The van der Waals surface area contributed by atoms with Crippen LogP contribution in [0.25, 0.3) is 0 Å². The summed E-state index contributed by atoms with van der Waals surface area (Å²) in [5, 5.41) is 23.0. The van der Waals surface area contributed by atoms with Crippen molar-refractivity contribution in [1.29, 1.82) is 0 Å². The molecule has 12 amide bonds. The second kappa shape index (κ2) is 39.0. The molecule has 1 saturated heterocycles. The lowest BCUT2D eigenvalue weighted by atomic mass is 9.91. The molecule has 0 aliphatic carbocycles. The fraction of sp³-hybridized carbons (Fsp3) is 0.785. The van der Waals surface area contributed by atoms with Gasteiger partial charge in [0.05, 0.1) is 25.4 Å². The van der Waals surface area contributed by atoms with Gasteiger partial charge in [0.15, 0.2) is 0 Å². The number of carbonyl (C=O) groups is 12. The number of ether oxygens (including phenoxy) is 2. The van der Waals surface area contributed by atoms with Crippen LogP contribution >= 0.6 is 0 Å². The van der Waals surface area contributed by atoms with Crippen molar-refractivity contribution in [3.63, 3.8) is 0 Å². The summed E-state index contributed by atoms with van der Waals surface area (Å²) in [7, 11) is 9.66. The van der Waals surface area contributed by atoms with Gasteiger partial charge in [-0.05, 0) is 108 Å². The Morgan fingerprint density at radius 2 is 1.01 bits per heavy atom. The van der Waals surface area contributed by atoms with E-state index >= 15 is 9.59 Å². The van der Waals surface area contributed by atoms with E-state index in [1.54, 1.807) is 60.6 Å². The van der Waals surface area contributed by atoms with Crippen LogP contribution in [0.5, 0.6) is 0 Å². The maximum absolute atomic E-state index is 15.2. The SMILES string of the molecule is C/C=C/C[C@@H](C)[C@@H](O)[C@H]1C(=O)N[C@@H](CC)C(=O)N(C)CC(=O)N(C)[C@@H]([C@@H](C)OCCCCOC(N)=O)C(=O)N[C@@H](C(C)C)C(=O)N(C)[C@@H](CC(C)C)C(=O)N[C@@H](C)C(=O)N[C@H](C)C(=O)N(C)[C@@H](CC(C)C)C(=O)N(C)[C@@H](CC(C)C)C(=O)N(C)[C@@H](C(C)C)C(=O)N1C. The van der Waals surface area contributed by atoms with E-state index in [1.807, 2.05) is 41.5 Å². The Kier molecular flexibility index (Phi) is 35.2. The van der Waals surface area contributed by atoms with Gasteiger partial charge in [0, 0.05) is 55.9 Å². The molecule has 0 bridgehead atoms. The topological polar surface area (TPSA) is 340 Å². The van der Waals surface area contributed by atoms with Crippen LogP contribution in [0.4, 0.5) is 4.79 Å². The molecule has 0 aromatic carbocycles. The number of nitrogens with one attached hydrogen (secondary N) is 4. The van der Waals surface area contributed by atoms with E-state index in [2.05, 4.69) is 21.3 Å². The number of unbranched alkanes of at least 4 members (excludes halogenated alkanes) is 1. The molecule has 27 heteroatoms. The molecule has 92 heavy (non-hydrogen) atoms. The second-order valence-electron chi connectivity index (χ2n) is 26.8. The quantitative estimate of drug-likeness (QED) is 0.0754. The fourth-order valence-corrected chi connectivity index (χ4v) is 11.2. The van der Waals surface area contributed by atoms with Crippen molar-refractivity contribution in [2.75, 3.05) is 69.1 Å². The third kappa shape index (κ3) is 24.2. The molecule has 13 atom stereocenters. The summed E-state index contributed by atoms with van der Waals surface area (Å²) in [6.45, 7) is 26.7. The van der Waals surface area contributed by atoms with Crippen molar-refractivity contribution < 1.29 is 72.1 Å². The number of aliphatic hydroxyl groups excluding tert-OH is 1. The molecular formula is C65H116N12O15. The summed E-state index contributed by atoms with van der Waals surface area (Å²) in [4.78, 5) is 181. The van der Waals surface area contributed by atoms with Gasteiger partial charge in [-0.2, -0.15) is 0 Å². The lowest BCUT2D eigenvalue weighted by molar-refractivity contribution is -0.157. The molecule has 1 aliphatic rings. The maximum Gasteiger partial charge on any atom is 0.404 e. The zero-order valence-electron chi connectivity index (χ0n) is 59.5. The molecule has 0 aromatic heterocycles. The number of hydrogen-bond donors (Lipinski definition) is 6. The van der Waals surface area contributed by atoms with Gasteiger partial charge < -0.3 is 75.9 Å². The van der Waals surface area contributed by atoms with Crippen molar-refractivity contribution in [1.82, 2.24) is 55.6 Å². The molecule has 0 unspecified atom stereocenters. The van der Waals surface area contributed by atoms with Crippen molar-refractivity contribution in [2.45, 2.75) is 228 Å². The van der Waals surface area contributed by atoms with Crippen LogP contribution in [0.15, 0.2) is 12.2 Å². The maximum atomic E-state index is 15.2. The Labute approximate surface area is 547 Å². The summed E-state index contributed by atoms with van der Waals surface area (Å²) in [6, 6.07) is -13.1. The minimum Gasteiger partial charge on any atom is -0.450 e. The van der Waals surface area contributed by atoms with Crippen LogP contribution in [-0.4, -0.2) is 252 Å². The second-order valence-corrected chi connectivity index (χ2v) is 26.8. The Hall–Kier alpha value is -6.90. The van der Waals surface area contributed by atoms with Crippen LogP contribution in [0.2, 0.25) is 0 Å². The van der Waals surface area contributed by atoms with Crippen molar-refractivity contribution in [2.24, 2.45) is 41.2 Å². The zero-order chi connectivity index (χ0) is 71.1. The van der Waals surface area contributed by atoms with Crippen LogP contribution < -0.4 is 27.0 Å². The van der Waals surface area contributed by atoms with Gasteiger partial charge in [-0.25, -0.2) is 4.79 Å². The van der Waals surface area contributed by atoms with Gasteiger partial charge in [0.1, 0.15) is 60.4 Å². The number of aliphatic hydroxyl groups is 1. The molecule has 0 spiro atoms. The van der Waals surface area contributed by atoms with Gasteiger partial charge in [-0.1, -0.05) is 95.2 Å². The molecule has 27 nitrogen and oxygen atoms in total. The first kappa shape index (κ1) is 83.1. The van der Waals surface area contributed by atoms with E-state index < -0.39 is 168 Å². The zero-order valence-corrected chi connectivity index (χ0v) is 59.5. The van der Waals surface area contributed by atoms with Gasteiger partial charge in [-0.15, -0.1) is 0 Å². The fourth-order valence-electron chi connectivity index (χ4n) is 11.2. The number of allylic oxidation sites excluding steroid dienone is 2. The van der Waals surface area contributed by atoms with E-state index in [1.165, 1.54) is 89.7 Å². The third-order valence-electron chi connectivity index (χ3n) is 16.9. The Balaban J connectivity index is 4.38. The lowest BCUT2D eigenvalue weighted by Crippen LogP contribution is -2.63. The molecule has 0 radical (unpaired) electrons. The first-order valence-corrected chi connectivity index (χ1v) is 32.5. The third-order valence-corrected chi connectivity index (χ3v) is 16.9. The summed E-state index contributed by atoms with van der Waals surface area (Å²) in [5.74, 6) is -10.5. The highest BCUT2D eigenvalue weighted by Gasteiger charge is 2.46. The summed E-state index contributed by atoms with van der Waals surface area (Å²) >= 11 is 0. The average molecular weight is 1310 g/mol. The van der Waals surface area contributed by atoms with E-state index in [0.29, 0.717) is 12.8 Å². The predicted octanol–water partition coefficient (Wildman–Crippen LogP) is 2.50. The molecule has 7 N–H and O–H groups in total. The molecule has 0 saturated carbocycles. The van der Waals surface area contributed by atoms with E-state index in [4.69, 9.17) is 15.2 Å². The van der Waals surface area contributed by atoms with Gasteiger partial charge in [0.25, 0.3) is 0 Å². The largest absolute Gasteiger partial charge is 0.450 e. The highest BCUT2D eigenvalue weighted by Crippen LogP contribution is 2.26.